The first kappa shape index (κ1) is 5.97. The normalized spacial score (nSPS) is 34.6. The maximum atomic E-state index is 11.2. The third-order valence-electron chi connectivity index (χ3n) is 2.47. The van der Waals surface area contributed by atoms with Crippen LogP contribution in [0.2, 0.25) is 0 Å². The number of hydrogen-bond donors (Lipinski definition) is 1. The second kappa shape index (κ2) is 4.45. The van der Waals surface area contributed by atoms with Crippen LogP contribution in [0.1, 0.15) is 29.8 Å². The Morgan fingerprint density at radius 3 is 2.67 bits per heavy atom. The average Bonchev–Trinajstić information content (AvgIpc) is 2.15. The molecule has 0 spiro atoms. The molecule has 1 rings (SSSR count). The summed E-state index contributed by atoms with van der Waals surface area (Å²) in [6, 6.07) is -0.00148. The predicted molar refractivity (Wildman–Crippen MR) is 46.8 cm³/mol. The molecule has 1 fully saturated rings. The van der Waals surface area contributed by atoms with Gasteiger partial charge in [-0.1, -0.05) is 0 Å². The van der Waals surface area contributed by atoms with Gasteiger partial charge in [-0.2, -0.15) is 0 Å². The molecular formula is C9H17NO2. The third kappa shape index (κ3) is 2.21. The van der Waals surface area contributed by atoms with Gasteiger partial charge < -0.3 is 10.1 Å². The van der Waals surface area contributed by atoms with Gasteiger partial charge in [0.25, 0.3) is 0 Å². The molecule has 1 aliphatic rings. The van der Waals surface area contributed by atoms with Gasteiger partial charge in [0.15, 0.2) is 0 Å². The zero-order chi connectivity index (χ0) is 11.5. The van der Waals surface area contributed by atoms with Crippen LogP contribution in [0, 0.1) is 5.92 Å². The summed E-state index contributed by atoms with van der Waals surface area (Å²) < 4.78 is 25.9. The Morgan fingerprint density at radius 1 is 1.50 bits per heavy atom. The van der Waals surface area contributed by atoms with Crippen LogP contribution in [0.4, 0.5) is 0 Å². The number of hydrogen-bond acceptors (Lipinski definition) is 3. The first-order valence-corrected chi connectivity index (χ1v) is 4.28. The van der Waals surface area contributed by atoms with Gasteiger partial charge in [-0.05, 0) is 32.7 Å². The molecule has 0 amide bonds. The summed E-state index contributed by atoms with van der Waals surface area (Å²) in [5.74, 6) is -0.230. The van der Waals surface area contributed by atoms with Gasteiger partial charge in [-0.25, -0.2) is 0 Å². The summed E-state index contributed by atoms with van der Waals surface area (Å²) in [6.07, 6.45) is 2.86. The second-order valence-electron chi connectivity index (χ2n) is 3.22. The van der Waals surface area contributed by atoms with Gasteiger partial charge in [0, 0.05) is 10.2 Å². The lowest BCUT2D eigenvalue weighted by molar-refractivity contribution is -0.146. The highest BCUT2D eigenvalue weighted by atomic mass is 16.5. The number of nitrogens with one attached hydrogen (secondary N) is 1. The van der Waals surface area contributed by atoms with Gasteiger partial charge in [0.2, 0.25) is 0 Å². The van der Waals surface area contributed by atoms with E-state index in [1.54, 1.807) is 0 Å². The standard InChI is InChI=1S/C9H17NO2/c1-10-8-5-3-7(4-6-8)9(11)12-2/h7-8,10H,3-6H2,1-2H3/i1D3. The van der Waals surface area contributed by atoms with E-state index in [0.29, 0.717) is 12.8 Å². The molecule has 0 bridgehead atoms. The minimum atomic E-state index is -2.08. The molecule has 0 atom stereocenters. The smallest absolute Gasteiger partial charge is 0.308 e. The maximum Gasteiger partial charge on any atom is 0.308 e. The van der Waals surface area contributed by atoms with Crippen molar-refractivity contribution in [3.63, 3.8) is 0 Å². The zero-order valence-electron chi connectivity index (χ0n) is 10.3. The molecule has 70 valence electrons. The lowest BCUT2D eigenvalue weighted by Gasteiger charge is -2.26. The van der Waals surface area contributed by atoms with Crippen LogP contribution in [0.25, 0.3) is 0 Å². The van der Waals surface area contributed by atoms with Crippen molar-refractivity contribution < 1.29 is 13.6 Å². The first-order chi connectivity index (χ1) is 6.92. The van der Waals surface area contributed by atoms with Crippen molar-refractivity contribution >= 4 is 5.97 Å². The highest BCUT2D eigenvalue weighted by Crippen LogP contribution is 2.24. The summed E-state index contributed by atoms with van der Waals surface area (Å²) in [5, 5.41) is 2.58. The predicted octanol–water partition coefficient (Wildman–Crippen LogP) is 0.938. The molecule has 0 aromatic carbocycles. The third-order valence-corrected chi connectivity index (χ3v) is 2.47. The van der Waals surface area contributed by atoms with Crippen LogP contribution < -0.4 is 5.32 Å². The van der Waals surface area contributed by atoms with Crippen molar-refractivity contribution in [1.82, 2.24) is 5.32 Å². The molecular weight excluding hydrogens is 154 g/mol. The van der Waals surface area contributed by atoms with Crippen LogP contribution in [-0.2, 0) is 9.53 Å². The van der Waals surface area contributed by atoms with E-state index in [1.165, 1.54) is 7.11 Å². The molecule has 0 unspecified atom stereocenters. The molecule has 1 aliphatic carbocycles. The van der Waals surface area contributed by atoms with Crippen LogP contribution in [0.3, 0.4) is 0 Å². The largest absolute Gasteiger partial charge is 0.469 e. The van der Waals surface area contributed by atoms with Crippen LogP contribution >= 0.6 is 0 Å². The molecule has 0 aromatic rings. The average molecular weight is 174 g/mol. The Labute approximate surface area is 77.7 Å². The zero-order valence-corrected chi connectivity index (χ0v) is 7.30. The molecule has 3 nitrogen and oxygen atoms in total. The molecule has 1 saturated carbocycles. The monoisotopic (exact) mass is 174 g/mol. The SMILES string of the molecule is [2H]C([2H])([2H])NC1CCC(C(=O)OC)CC1. The molecule has 0 heterocycles. The Bertz CT molecular complexity index is 222. The van der Waals surface area contributed by atoms with Gasteiger partial charge in [-0.15, -0.1) is 0 Å². The summed E-state index contributed by atoms with van der Waals surface area (Å²) in [6.45, 7) is -2.08. The van der Waals surface area contributed by atoms with E-state index >= 15 is 0 Å². The van der Waals surface area contributed by atoms with E-state index in [9.17, 15) is 4.79 Å². The quantitative estimate of drug-likeness (QED) is 0.633. The fraction of sp³-hybridized carbons (Fsp3) is 0.889. The van der Waals surface area contributed by atoms with Gasteiger partial charge in [0.05, 0.1) is 13.0 Å². The molecule has 0 aromatic heterocycles. The maximum absolute atomic E-state index is 11.2. The van der Waals surface area contributed by atoms with Crippen molar-refractivity contribution in [2.24, 2.45) is 5.92 Å². The van der Waals surface area contributed by atoms with Crippen molar-refractivity contribution in [2.75, 3.05) is 14.1 Å². The minimum Gasteiger partial charge on any atom is -0.469 e. The fourth-order valence-corrected chi connectivity index (χ4v) is 1.64. The number of rotatable bonds is 2. The molecule has 0 aliphatic heterocycles. The number of methoxy groups -OCH3 is 1. The summed E-state index contributed by atoms with van der Waals surface area (Å²) in [5.41, 5.74) is 0. The molecule has 0 radical (unpaired) electrons. The van der Waals surface area contributed by atoms with Crippen LogP contribution in [0.15, 0.2) is 0 Å². The Hall–Kier alpha value is -0.570. The summed E-state index contributed by atoms with van der Waals surface area (Å²) in [4.78, 5) is 11.2. The molecule has 12 heavy (non-hydrogen) atoms. The second-order valence-corrected chi connectivity index (χ2v) is 3.22. The Morgan fingerprint density at radius 2 is 2.17 bits per heavy atom. The highest BCUT2D eigenvalue weighted by molar-refractivity contribution is 5.72. The minimum absolute atomic E-state index is 0.00148. The van der Waals surface area contributed by atoms with Crippen molar-refractivity contribution in [2.45, 2.75) is 31.7 Å². The molecule has 3 heteroatoms. The number of ether oxygens (including phenoxy) is 1. The van der Waals surface area contributed by atoms with Crippen molar-refractivity contribution in [1.29, 1.82) is 0 Å². The Kier molecular flexibility index (Phi) is 2.22. The van der Waals surface area contributed by atoms with E-state index in [2.05, 4.69) is 10.1 Å². The number of esters is 1. The lowest BCUT2D eigenvalue weighted by atomic mass is 9.86. The summed E-state index contributed by atoms with van der Waals surface area (Å²) >= 11 is 0. The van der Waals surface area contributed by atoms with Gasteiger partial charge in [0.1, 0.15) is 0 Å². The van der Waals surface area contributed by atoms with E-state index in [-0.39, 0.29) is 17.9 Å². The fourth-order valence-electron chi connectivity index (χ4n) is 1.64. The highest BCUT2D eigenvalue weighted by Gasteiger charge is 2.25. The molecule has 1 N–H and O–H groups in total. The van der Waals surface area contributed by atoms with Crippen LogP contribution in [-0.4, -0.2) is 26.1 Å². The molecule has 0 saturated heterocycles. The Balaban J connectivity index is 2.33. The lowest BCUT2D eigenvalue weighted by Crippen LogP contribution is -2.32. The van der Waals surface area contributed by atoms with Crippen molar-refractivity contribution in [3.8, 4) is 0 Å². The first-order valence-electron chi connectivity index (χ1n) is 5.78. The topological polar surface area (TPSA) is 38.3 Å². The van der Waals surface area contributed by atoms with Gasteiger partial charge >= 0.3 is 5.97 Å². The number of carbonyl (C=O) groups is 1. The van der Waals surface area contributed by atoms with E-state index < -0.39 is 6.98 Å². The summed E-state index contributed by atoms with van der Waals surface area (Å²) in [7, 11) is 1.38. The van der Waals surface area contributed by atoms with E-state index in [0.717, 1.165) is 12.8 Å². The van der Waals surface area contributed by atoms with Gasteiger partial charge in [-0.3, -0.25) is 4.79 Å². The number of carbonyl (C=O) groups excluding carboxylic acids is 1. The van der Waals surface area contributed by atoms with E-state index in [1.807, 2.05) is 0 Å². The van der Waals surface area contributed by atoms with Crippen LogP contribution in [0.5, 0.6) is 0 Å². The van der Waals surface area contributed by atoms with Crippen molar-refractivity contribution in [3.05, 3.63) is 0 Å². The van der Waals surface area contributed by atoms with E-state index in [4.69, 9.17) is 4.11 Å².